The van der Waals surface area contributed by atoms with E-state index < -0.39 is 0 Å². The van der Waals surface area contributed by atoms with E-state index in [9.17, 15) is 4.79 Å². The van der Waals surface area contributed by atoms with Crippen molar-refractivity contribution in [1.29, 1.82) is 0 Å². The van der Waals surface area contributed by atoms with Gasteiger partial charge in [0.05, 0.1) is 20.3 Å². The van der Waals surface area contributed by atoms with Crippen LogP contribution in [0.5, 0.6) is 11.5 Å². The Labute approximate surface area is 132 Å². The molecule has 0 fully saturated rings. The molecule has 1 unspecified atom stereocenters. The lowest BCUT2D eigenvalue weighted by Crippen LogP contribution is -2.27. The molecule has 120 valence electrons. The van der Waals surface area contributed by atoms with Crippen molar-refractivity contribution in [3.63, 3.8) is 0 Å². The Morgan fingerprint density at radius 2 is 1.86 bits per heavy atom. The highest BCUT2D eigenvalue weighted by molar-refractivity contribution is 5.85. The van der Waals surface area contributed by atoms with Crippen molar-refractivity contribution in [2.75, 3.05) is 20.8 Å². The normalized spacial score (nSPS) is 11.3. The zero-order chi connectivity index (χ0) is 15.1. The smallest absolute Gasteiger partial charge is 0.220 e. The van der Waals surface area contributed by atoms with E-state index in [1.54, 1.807) is 14.2 Å². The molecular weight excluding hydrogens is 292 g/mol. The molecule has 1 aromatic rings. The van der Waals surface area contributed by atoms with Gasteiger partial charge in [0.15, 0.2) is 11.5 Å². The molecule has 1 atom stereocenters. The standard InChI is InChI=1S/C15H24N2O3.ClH/c1-10-8-13(19-3)14(20-4)9-12(10)11(2)17-15(18)6-5-7-16;/h8-9,11H,5-7,16H2,1-4H3,(H,17,18);1H. The molecule has 1 amide bonds. The molecule has 3 N–H and O–H groups in total. The lowest BCUT2D eigenvalue weighted by molar-refractivity contribution is -0.121. The minimum atomic E-state index is -0.0833. The third-order valence-electron chi connectivity index (χ3n) is 3.22. The minimum Gasteiger partial charge on any atom is -0.493 e. The average molecular weight is 317 g/mol. The highest BCUT2D eigenvalue weighted by Gasteiger charge is 2.15. The van der Waals surface area contributed by atoms with E-state index in [4.69, 9.17) is 15.2 Å². The summed E-state index contributed by atoms with van der Waals surface area (Å²) in [5.41, 5.74) is 7.47. The first kappa shape index (κ1) is 19.5. The van der Waals surface area contributed by atoms with Crippen LogP contribution in [-0.2, 0) is 4.79 Å². The molecule has 6 heteroatoms. The van der Waals surface area contributed by atoms with Crippen LogP contribution < -0.4 is 20.5 Å². The van der Waals surface area contributed by atoms with Gasteiger partial charge in [0.2, 0.25) is 5.91 Å². The molecule has 0 aliphatic rings. The average Bonchev–Trinajstić information content (AvgIpc) is 2.44. The van der Waals surface area contributed by atoms with E-state index >= 15 is 0 Å². The fraction of sp³-hybridized carbons (Fsp3) is 0.533. The number of benzene rings is 1. The number of carbonyl (C=O) groups excluding carboxylic acids is 1. The first-order valence-electron chi connectivity index (χ1n) is 6.75. The molecule has 0 bridgehead atoms. The number of methoxy groups -OCH3 is 2. The zero-order valence-electron chi connectivity index (χ0n) is 13.1. The molecule has 0 aliphatic carbocycles. The maximum absolute atomic E-state index is 11.8. The van der Waals surface area contributed by atoms with Gasteiger partial charge in [-0.05, 0) is 50.1 Å². The van der Waals surface area contributed by atoms with Crippen molar-refractivity contribution >= 4 is 18.3 Å². The van der Waals surface area contributed by atoms with Crippen molar-refractivity contribution < 1.29 is 14.3 Å². The third kappa shape index (κ3) is 5.44. The molecule has 0 saturated heterocycles. The minimum absolute atomic E-state index is 0. The van der Waals surface area contributed by atoms with Gasteiger partial charge < -0.3 is 20.5 Å². The summed E-state index contributed by atoms with van der Waals surface area (Å²) in [6.45, 7) is 4.46. The lowest BCUT2D eigenvalue weighted by Gasteiger charge is -2.19. The van der Waals surface area contributed by atoms with Crippen LogP contribution in [-0.4, -0.2) is 26.7 Å². The van der Waals surface area contributed by atoms with Crippen LogP contribution in [0.4, 0.5) is 0 Å². The molecule has 0 radical (unpaired) electrons. The number of rotatable bonds is 7. The maximum atomic E-state index is 11.8. The molecule has 0 heterocycles. The number of aryl methyl sites for hydroxylation is 1. The van der Waals surface area contributed by atoms with Crippen LogP contribution >= 0.6 is 12.4 Å². The fourth-order valence-corrected chi connectivity index (χ4v) is 2.12. The van der Waals surface area contributed by atoms with Gasteiger partial charge in [-0.2, -0.15) is 0 Å². The topological polar surface area (TPSA) is 73.6 Å². The molecule has 0 aromatic heterocycles. The first-order chi connectivity index (χ1) is 9.53. The van der Waals surface area contributed by atoms with Gasteiger partial charge in [-0.15, -0.1) is 12.4 Å². The molecule has 1 rings (SSSR count). The third-order valence-corrected chi connectivity index (χ3v) is 3.22. The van der Waals surface area contributed by atoms with Crippen molar-refractivity contribution in [3.05, 3.63) is 23.3 Å². The number of hydrogen-bond acceptors (Lipinski definition) is 4. The monoisotopic (exact) mass is 316 g/mol. The highest BCUT2D eigenvalue weighted by Crippen LogP contribution is 2.32. The van der Waals surface area contributed by atoms with Gasteiger partial charge in [0.25, 0.3) is 0 Å². The van der Waals surface area contributed by atoms with E-state index in [-0.39, 0.29) is 24.4 Å². The number of ether oxygens (including phenoxy) is 2. The Hall–Kier alpha value is -1.46. The summed E-state index contributed by atoms with van der Waals surface area (Å²) in [6, 6.07) is 3.73. The van der Waals surface area contributed by atoms with Gasteiger partial charge in [-0.3, -0.25) is 4.79 Å². The molecule has 21 heavy (non-hydrogen) atoms. The molecule has 0 aliphatic heterocycles. The summed E-state index contributed by atoms with van der Waals surface area (Å²) in [6.07, 6.45) is 1.15. The number of carbonyl (C=O) groups is 1. The lowest BCUT2D eigenvalue weighted by atomic mass is 10.0. The molecule has 1 aromatic carbocycles. The van der Waals surface area contributed by atoms with E-state index in [1.807, 2.05) is 26.0 Å². The summed E-state index contributed by atoms with van der Waals surface area (Å²) >= 11 is 0. The van der Waals surface area contributed by atoms with Crippen molar-refractivity contribution in [2.24, 2.45) is 5.73 Å². The summed E-state index contributed by atoms with van der Waals surface area (Å²) < 4.78 is 10.6. The first-order valence-corrected chi connectivity index (χ1v) is 6.75. The van der Waals surface area contributed by atoms with E-state index in [1.165, 1.54) is 0 Å². The zero-order valence-corrected chi connectivity index (χ0v) is 13.9. The number of nitrogens with two attached hydrogens (primary N) is 1. The van der Waals surface area contributed by atoms with Crippen LogP contribution in [0.25, 0.3) is 0 Å². The van der Waals surface area contributed by atoms with Crippen molar-refractivity contribution in [2.45, 2.75) is 32.7 Å². The Kier molecular flexibility index (Phi) is 8.81. The van der Waals surface area contributed by atoms with Gasteiger partial charge in [0, 0.05) is 6.42 Å². The van der Waals surface area contributed by atoms with E-state index in [0.29, 0.717) is 30.9 Å². The Bertz CT molecular complexity index is 466. The molecular formula is C15H25ClN2O3. The van der Waals surface area contributed by atoms with Gasteiger partial charge in [-0.25, -0.2) is 0 Å². The Morgan fingerprint density at radius 1 is 1.29 bits per heavy atom. The Balaban J connectivity index is 0.00000400. The van der Waals surface area contributed by atoms with Gasteiger partial charge in [-0.1, -0.05) is 0 Å². The number of halogens is 1. The van der Waals surface area contributed by atoms with E-state index in [0.717, 1.165) is 11.1 Å². The van der Waals surface area contributed by atoms with Crippen LogP contribution in [0, 0.1) is 6.92 Å². The van der Waals surface area contributed by atoms with Crippen molar-refractivity contribution in [3.8, 4) is 11.5 Å². The maximum Gasteiger partial charge on any atom is 0.220 e. The second-order valence-corrected chi connectivity index (χ2v) is 4.75. The predicted molar refractivity (Wildman–Crippen MR) is 86.4 cm³/mol. The summed E-state index contributed by atoms with van der Waals surface area (Å²) in [5.74, 6) is 1.36. The quantitative estimate of drug-likeness (QED) is 0.810. The Morgan fingerprint density at radius 3 is 2.38 bits per heavy atom. The second-order valence-electron chi connectivity index (χ2n) is 4.75. The van der Waals surface area contributed by atoms with Crippen LogP contribution in [0.1, 0.15) is 36.9 Å². The summed E-state index contributed by atoms with van der Waals surface area (Å²) in [7, 11) is 3.20. The predicted octanol–water partition coefficient (Wildman–Crippen LogP) is 2.35. The van der Waals surface area contributed by atoms with Crippen LogP contribution in [0.15, 0.2) is 12.1 Å². The van der Waals surface area contributed by atoms with Crippen LogP contribution in [0.2, 0.25) is 0 Å². The summed E-state index contributed by atoms with van der Waals surface area (Å²) in [4.78, 5) is 11.8. The molecule has 5 nitrogen and oxygen atoms in total. The second kappa shape index (κ2) is 9.47. The molecule has 0 saturated carbocycles. The number of amides is 1. The van der Waals surface area contributed by atoms with Gasteiger partial charge >= 0.3 is 0 Å². The highest BCUT2D eigenvalue weighted by atomic mass is 35.5. The van der Waals surface area contributed by atoms with E-state index in [2.05, 4.69) is 5.32 Å². The fourth-order valence-electron chi connectivity index (χ4n) is 2.12. The molecule has 0 spiro atoms. The number of hydrogen-bond donors (Lipinski definition) is 2. The largest absolute Gasteiger partial charge is 0.493 e. The van der Waals surface area contributed by atoms with Crippen LogP contribution in [0.3, 0.4) is 0 Å². The SMILES string of the molecule is COc1cc(C)c(C(C)NC(=O)CCCN)cc1OC.Cl. The number of nitrogens with one attached hydrogen (secondary N) is 1. The summed E-state index contributed by atoms with van der Waals surface area (Å²) in [5, 5.41) is 2.97. The van der Waals surface area contributed by atoms with Crippen molar-refractivity contribution in [1.82, 2.24) is 5.32 Å². The van der Waals surface area contributed by atoms with Gasteiger partial charge in [0.1, 0.15) is 0 Å².